The average Bonchev–Trinajstić information content (AvgIpc) is 3.59. The van der Waals surface area contributed by atoms with Crippen LogP contribution in [0.15, 0.2) is 48.5 Å². The van der Waals surface area contributed by atoms with Gasteiger partial charge in [-0.05, 0) is 54.8 Å². The molecule has 158 valence electrons. The average molecular weight is 409 g/mol. The largest absolute Gasteiger partial charge is 0.339 e. The maximum atomic E-state index is 12.2. The Morgan fingerprint density at radius 3 is 2.10 bits per heavy atom. The molecular weight excluding hydrogens is 380 g/mol. The molecule has 1 saturated carbocycles. The minimum absolute atomic E-state index is 0. The fourth-order valence-electron chi connectivity index (χ4n) is 2.66. The molecule has 0 radical (unpaired) electrons. The Labute approximate surface area is 177 Å². The number of nitrogens with two attached hydrogens (primary N) is 1. The normalized spacial score (nSPS) is 13.3. The van der Waals surface area contributed by atoms with E-state index in [-0.39, 0.29) is 14.0 Å². The highest BCUT2D eigenvalue weighted by Gasteiger charge is 2.20. The molecule has 1 aliphatic rings. The maximum absolute atomic E-state index is 12.2. The van der Waals surface area contributed by atoms with E-state index in [2.05, 4.69) is 34.6 Å². The van der Waals surface area contributed by atoms with Crippen molar-refractivity contribution in [2.75, 3.05) is 6.54 Å². The summed E-state index contributed by atoms with van der Waals surface area (Å²) in [7, 11) is 0. The van der Waals surface area contributed by atoms with E-state index >= 15 is 0 Å². The molecule has 3 rings (SSSR count). The Hall–Kier alpha value is -3.18. The van der Waals surface area contributed by atoms with Gasteiger partial charge in [-0.25, -0.2) is 5.48 Å². The first-order valence-electron chi connectivity index (χ1n) is 9.48. The monoisotopic (exact) mass is 408 g/mol. The van der Waals surface area contributed by atoms with Crippen LogP contribution >= 0.6 is 0 Å². The van der Waals surface area contributed by atoms with Crippen molar-refractivity contribution in [2.24, 2.45) is 5.73 Å². The van der Waals surface area contributed by atoms with Crippen LogP contribution in [0.1, 0.15) is 47.3 Å². The van der Waals surface area contributed by atoms with E-state index in [1.54, 1.807) is 24.3 Å². The van der Waals surface area contributed by atoms with E-state index in [4.69, 9.17) is 10.9 Å². The minimum atomic E-state index is -1.01. The lowest BCUT2D eigenvalue weighted by atomic mass is 10.1. The number of hydrogen-bond acceptors (Lipinski definition) is 5. The van der Waals surface area contributed by atoms with Crippen LogP contribution in [-0.2, 0) is 11.3 Å². The molecule has 7 heteroatoms. The summed E-state index contributed by atoms with van der Waals surface area (Å²) in [6, 6.07) is 14.5. The number of nitrogens with one attached hydrogen (secondary N) is 3. The highest BCUT2D eigenvalue weighted by molar-refractivity contribution is 5.97. The fraction of sp³-hybridized carbons (Fsp3) is 0.304. The second kappa shape index (κ2) is 11.1. The van der Waals surface area contributed by atoms with Crippen LogP contribution < -0.4 is 21.8 Å². The molecule has 2 amide bonds. The lowest BCUT2D eigenvalue weighted by Gasteiger charge is -2.14. The van der Waals surface area contributed by atoms with E-state index < -0.39 is 17.9 Å². The summed E-state index contributed by atoms with van der Waals surface area (Å²) in [5.74, 6) is 4.96. The molecule has 7 nitrogen and oxygen atoms in total. The van der Waals surface area contributed by atoms with E-state index in [1.807, 2.05) is 12.1 Å². The Morgan fingerprint density at radius 2 is 1.60 bits per heavy atom. The zero-order valence-electron chi connectivity index (χ0n) is 15.9. The highest BCUT2D eigenvalue weighted by Crippen LogP contribution is 2.19. The molecular formula is C23H28N4O3. The summed E-state index contributed by atoms with van der Waals surface area (Å²) < 4.78 is 0. The predicted octanol–water partition coefficient (Wildman–Crippen LogP) is 1.54. The van der Waals surface area contributed by atoms with Crippen LogP contribution in [0, 0.1) is 11.8 Å². The van der Waals surface area contributed by atoms with E-state index in [0.29, 0.717) is 11.6 Å². The third-order valence-corrected chi connectivity index (χ3v) is 4.59. The highest BCUT2D eigenvalue weighted by atomic mass is 16.5. The van der Waals surface area contributed by atoms with Gasteiger partial charge >= 0.3 is 0 Å². The second-order valence-corrected chi connectivity index (χ2v) is 6.92. The van der Waals surface area contributed by atoms with Gasteiger partial charge in [0.1, 0.15) is 6.04 Å². The lowest BCUT2D eigenvalue weighted by Crippen LogP contribution is -2.50. The summed E-state index contributed by atoms with van der Waals surface area (Å²) in [6.07, 6.45) is 2.55. The van der Waals surface area contributed by atoms with Crippen molar-refractivity contribution < 1.29 is 14.8 Å². The van der Waals surface area contributed by atoms with E-state index in [0.717, 1.165) is 17.7 Å². The maximum Gasteiger partial charge on any atom is 0.267 e. The third-order valence-electron chi connectivity index (χ3n) is 4.59. The standard InChI is InChI=1S/C22H24N4O3.CH4/c23-13-20(22(28)26-29)25-21(27)18-9-7-16(8-10-18)2-1-15-3-5-17(6-4-15)14-24-19-11-12-19;/h3-10,19-20,24,29H,11-14,23H2,(H,25,27)(H,26,28);1H4/t20-;/m0./s1. The van der Waals surface area contributed by atoms with Crippen molar-refractivity contribution in [1.82, 2.24) is 16.1 Å². The smallest absolute Gasteiger partial charge is 0.267 e. The van der Waals surface area contributed by atoms with Gasteiger partial charge in [-0.15, -0.1) is 0 Å². The van der Waals surface area contributed by atoms with Crippen LogP contribution in [0.3, 0.4) is 0 Å². The summed E-state index contributed by atoms with van der Waals surface area (Å²) >= 11 is 0. The molecule has 1 fully saturated rings. The number of benzene rings is 2. The van der Waals surface area contributed by atoms with E-state index in [1.165, 1.54) is 23.9 Å². The molecule has 0 bridgehead atoms. The van der Waals surface area contributed by atoms with Gasteiger partial charge < -0.3 is 16.4 Å². The van der Waals surface area contributed by atoms with Crippen LogP contribution in [0.5, 0.6) is 0 Å². The van der Waals surface area contributed by atoms with Crippen molar-refractivity contribution in [3.8, 4) is 11.8 Å². The molecule has 0 heterocycles. The number of hydroxylamine groups is 1. The Morgan fingerprint density at radius 1 is 1.03 bits per heavy atom. The van der Waals surface area contributed by atoms with Gasteiger partial charge in [-0.3, -0.25) is 14.8 Å². The quantitative estimate of drug-likeness (QED) is 0.271. The van der Waals surface area contributed by atoms with Crippen molar-refractivity contribution in [1.29, 1.82) is 0 Å². The molecule has 30 heavy (non-hydrogen) atoms. The number of carbonyl (C=O) groups is 2. The first-order valence-corrected chi connectivity index (χ1v) is 9.48. The molecule has 0 aliphatic heterocycles. The molecule has 0 spiro atoms. The van der Waals surface area contributed by atoms with Gasteiger partial charge in [0.05, 0.1) is 0 Å². The van der Waals surface area contributed by atoms with Crippen molar-refractivity contribution >= 4 is 11.8 Å². The zero-order valence-corrected chi connectivity index (χ0v) is 15.9. The number of carbonyl (C=O) groups excluding carboxylic acids is 2. The van der Waals surface area contributed by atoms with Crippen LogP contribution in [0.4, 0.5) is 0 Å². The van der Waals surface area contributed by atoms with Crippen molar-refractivity contribution in [3.05, 3.63) is 70.8 Å². The van der Waals surface area contributed by atoms with Gasteiger partial charge in [-0.1, -0.05) is 31.4 Å². The van der Waals surface area contributed by atoms with Gasteiger partial charge in [0.15, 0.2) is 0 Å². The first-order chi connectivity index (χ1) is 14.1. The minimum Gasteiger partial charge on any atom is -0.339 e. The van der Waals surface area contributed by atoms with Gasteiger partial charge in [-0.2, -0.15) is 0 Å². The van der Waals surface area contributed by atoms with E-state index in [9.17, 15) is 9.59 Å². The van der Waals surface area contributed by atoms with Crippen LogP contribution in [0.2, 0.25) is 0 Å². The lowest BCUT2D eigenvalue weighted by molar-refractivity contribution is -0.130. The summed E-state index contributed by atoms with van der Waals surface area (Å²) in [5.41, 5.74) is 10.2. The molecule has 2 aromatic rings. The molecule has 0 aromatic heterocycles. The number of rotatable bonds is 7. The SMILES string of the molecule is C.NC[C@H](NC(=O)c1ccc(C#Cc2ccc(CNC3CC3)cc2)cc1)C(=O)NO. The number of amides is 2. The summed E-state index contributed by atoms with van der Waals surface area (Å²) in [5, 5.41) is 14.6. The summed E-state index contributed by atoms with van der Waals surface area (Å²) in [6.45, 7) is 0.754. The molecule has 6 N–H and O–H groups in total. The molecule has 0 saturated heterocycles. The molecule has 1 aliphatic carbocycles. The van der Waals surface area contributed by atoms with Gasteiger partial charge in [0.2, 0.25) is 0 Å². The van der Waals surface area contributed by atoms with Crippen molar-refractivity contribution in [3.63, 3.8) is 0 Å². The van der Waals surface area contributed by atoms with Crippen LogP contribution in [-0.4, -0.2) is 35.7 Å². The fourth-order valence-corrected chi connectivity index (χ4v) is 2.66. The topological polar surface area (TPSA) is 116 Å². The molecule has 2 aromatic carbocycles. The third kappa shape index (κ3) is 6.71. The second-order valence-electron chi connectivity index (χ2n) is 6.92. The number of hydrogen-bond donors (Lipinski definition) is 5. The molecule has 0 unspecified atom stereocenters. The Kier molecular flexibility index (Phi) is 8.56. The summed E-state index contributed by atoms with van der Waals surface area (Å²) in [4.78, 5) is 23.6. The van der Waals surface area contributed by atoms with Crippen LogP contribution in [0.25, 0.3) is 0 Å². The predicted molar refractivity (Wildman–Crippen MR) is 116 cm³/mol. The molecule has 1 atom stereocenters. The Balaban J connectivity index is 0.00000320. The van der Waals surface area contributed by atoms with Crippen molar-refractivity contribution in [2.45, 2.75) is 38.9 Å². The Bertz CT molecular complexity index is 910. The van der Waals surface area contributed by atoms with Gasteiger partial charge in [0.25, 0.3) is 11.8 Å². The zero-order chi connectivity index (χ0) is 20.6. The van der Waals surface area contributed by atoms with Gasteiger partial charge in [0, 0.05) is 35.8 Å². The first kappa shape index (κ1) is 23.1.